The molecule has 1 aromatic heterocycles. The van der Waals surface area contributed by atoms with Crippen LogP contribution in [-0.4, -0.2) is 53.3 Å². The molecule has 0 saturated heterocycles. The van der Waals surface area contributed by atoms with E-state index in [-0.39, 0.29) is 23.8 Å². The Morgan fingerprint density at radius 2 is 1.97 bits per heavy atom. The molecule has 0 bridgehead atoms. The second kappa shape index (κ2) is 11.3. The van der Waals surface area contributed by atoms with Crippen LogP contribution in [-0.2, 0) is 19.7 Å². The molecule has 0 atom stereocenters. The number of carbonyl (C=O) groups is 2. The van der Waals surface area contributed by atoms with Gasteiger partial charge in [0.15, 0.2) is 0 Å². The van der Waals surface area contributed by atoms with Gasteiger partial charge in [0.2, 0.25) is 11.8 Å². The highest BCUT2D eigenvalue weighted by Crippen LogP contribution is 2.29. The topological polar surface area (TPSA) is 76.5 Å². The van der Waals surface area contributed by atoms with Crippen LogP contribution in [0.25, 0.3) is 5.69 Å². The molecule has 2 amide bonds. The normalized spacial score (nSPS) is 11.4. The number of benzene rings is 1. The van der Waals surface area contributed by atoms with Crippen LogP contribution < -0.4 is 5.32 Å². The molecule has 0 radical (unpaired) electrons. The lowest BCUT2D eigenvalue weighted by Crippen LogP contribution is -2.40. The van der Waals surface area contributed by atoms with E-state index in [1.165, 1.54) is 4.90 Å². The maximum Gasteiger partial charge on any atom is 0.245 e. The first-order valence-corrected chi connectivity index (χ1v) is 11.0. The number of anilines is 1. The Kier molecular flexibility index (Phi) is 9.07. The summed E-state index contributed by atoms with van der Waals surface area (Å²) in [5.74, 6) is 0.161. The molecule has 8 heteroatoms. The van der Waals surface area contributed by atoms with Gasteiger partial charge in [-0.2, -0.15) is 5.10 Å². The van der Waals surface area contributed by atoms with Crippen LogP contribution in [0, 0.1) is 0 Å². The Balaban J connectivity index is 2.27. The molecule has 0 aliphatic heterocycles. The van der Waals surface area contributed by atoms with Gasteiger partial charge in [-0.3, -0.25) is 9.59 Å². The lowest BCUT2D eigenvalue weighted by atomic mass is 9.92. The number of unbranched alkanes of at least 4 members (excludes halogenated alkanes) is 1. The number of aromatic nitrogens is 2. The molecule has 0 fully saturated rings. The smallest absolute Gasteiger partial charge is 0.245 e. The molecule has 1 N–H and O–H groups in total. The molecule has 0 saturated carbocycles. The minimum Gasteiger partial charge on any atom is -0.383 e. The quantitative estimate of drug-likeness (QED) is 0.583. The van der Waals surface area contributed by atoms with Crippen molar-refractivity contribution in [1.82, 2.24) is 14.7 Å². The van der Waals surface area contributed by atoms with E-state index in [1.807, 2.05) is 31.2 Å². The SMILES string of the molecule is CCCCC(=O)N(CCOC)CC(=O)Nc1cc(C(C)(C)C)nn1-c1ccccc1Cl. The van der Waals surface area contributed by atoms with E-state index in [2.05, 4.69) is 31.2 Å². The zero-order valence-electron chi connectivity index (χ0n) is 19.1. The fourth-order valence-electron chi connectivity index (χ4n) is 2.98. The molecule has 1 aromatic carbocycles. The molecule has 1 heterocycles. The predicted octanol–water partition coefficient (Wildman–Crippen LogP) is 4.43. The van der Waals surface area contributed by atoms with Crippen molar-refractivity contribution < 1.29 is 14.3 Å². The molecule has 0 aliphatic rings. The number of nitrogens with zero attached hydrogens (tertiary/aromatic N) is 3. The lowest BCUT2D eigenvalue weighted by molar-refractivity contribution is -0.135. The average Bonchev–Trinajstić information content (AvgIpc) is 3.13. The van der Waals surface area contributed by atoms with Crippen molar-refractivity contribution in [3.63, 3.8) is 0 Å². The highest BCUT2D eigenvalue weighted by molar-refractivity contribution is 6.32. The highest BCUT2D eigenvalue weighted by atomic mass is 35.5. The summed E-state index contributed by atoms with van der Waals surface area (Å²) in [5.41, 5.74) is 1.27. The Labute approximate surface area is 189 Å². The van der Waals surface area contributed by atoms with Gasteiger partial charge in [0.05, 0.1) is 29.6 Å². The van der Waals surface area contributed by atoms with Crippen LogP contribution in [0.4, 0.5) is 5.82 Å². The van der Waals surface area contributed by atoms with Crippen LogP contribution in [0.15, 0.2) is 30.3 Å². The number of ether oxygens (including phenoxy) is 1. The lowest BCUT2D eigenvalue weighted by Gasteiger charge is -2.22. The monoisotopic (exact) mass is 448 g/mol. The fourth-order valence-corrected chi connectivity index (χ4v) is 3.19. The van der Waals surface area contributed by atoms with Gasteiger partial charge in [-0.25, -0.2) is 4.68 Å². The standard InChI is InChI=1S/C23H33ClN4O3/c1-6-7-12-22(30)27(13-14-31-5)16-21(29)25-20-15-19(23(2,3)4)26-28(20)18-11-9-8-10-17(18)24/h8-11,15H,6-7,12-14,16H2,1-5H3,(H,25,29). The third-order valence-electron chi connectivity index (χ3n) is 4.82. The van der Waals surface area contributed by atoms with Crippen LogP contribution >= 0.6 is 11.6 Å². The molecule has 2 rings (SSSR count). The summed E-state index contributed by atoms with van der Waals surface area (Å²) in [4.78, 5) is 26.9. The van der Waals surface area contributed by atoms with Gasteiger partial charge >= 0.3 is 0 Å². The third-order valence-corrected chi connectivity index (χ3v) is 5.14. The number of hydrogen-bond acceptors (Lipinski definition) is 4. The molecule has 2 aromatic rings. The van der Waals surface area contributed by atoms with Gasteiger partial charge in [0.1, 0.15) is 5.82 Å². The van der Waals surface area contributed by atoms with E-state index in [0.29, 0.717) is 36.1 Å². The Bertz CT molecular complexity index is 889. The first-order chi connectivity index (χ1) is 14.7. The first kappa shape index (κ1) is 24.9. The van der Waals surface area contributed by atoms with Gasteiger partial charge in [-0.15, -0.1) is 0 Å². The molecule has 170 valence electrons. The van der Waals surface area contributed by atoms with Crippen LogP contribution in [0.1, 0.15) is 52.7 Å². The summed E-state index contributed by atoms with van der Waals surface area (Å²) in [7, 11) is 1.57. The summed E-state index contributed by atoms with van der Waals surface area (Å²) in [5, 5.41) is 8.13. The van der Waals surface area contributed by atoms with Crippen LogP contribution in [0.5, 0.6) is 0 Å². The van der Waals surface area contributed by atoms with E-state index < -0.39 is 0 Å². The Morgan fingerprint density at radius 3 is 2.58 bits per heavy atom. The fraction of sp³-hybridized carbons (Fsp3) is 0.522. The predicted molar refractivity (Wildman–Crippen MR) is 124 cm³/mol. The van der Waals surface area contributed by atoms with Gasteiger partial charge in [-0.1, -0.05) is 57.8 Å². The second-order valence-corrected chi connectivity index (χ2v) is 8.90. The number of rotatable bonds is 10. The molecular formula is C23H33ClN4O3. The van der Waals surface area contributed by atoms with E-state index in [9.17, 15) is 9.59 Å². The number of amides is 2. The van der Waals surface area contributed by atoms with E-state index >= 15 is 0 Å². The van der Waals surface area contributed by atoms with Gasteiger partial charge in [0.25, 0.3) is 0 Å². The number of hydrogen-bond donors (Lipinski definition) is 1. The summed E-state index contributed by atoms with van der Waals surface area (Å²) in [6.07, 6.45) is 2.13. The van der Waals surface area contributed by atoms with Crippen molar-refractivity contribution in [2.24, 2.45) is 0 Å². The van der Waals surface area contributed by atoms with Crippen molar-refractivity contribution in [3.8, 4) is 5.69 Å². The first-order valence-electron chi connectivity index (χ1n) is 10.6. The van der Waals surface area contributed by atoms with E-state index in [1.54, 1.807) is 17.9 Å². The van der Waals surface area contributed by atoms with E-state index in [0.717, 1.165) is 18.5 Å². The van der Waals surface area contributed by atoms with Crippen molar-refractivity contribution >= 4 is 29.2 Å². The number of para-hydroxylation sites is 1. The number of halogens is 1. The van der Waals surface area contributed by atoms with Gasteiger partial charge < -0.3 is 15.0 Å². The van der Waals surface area contributed by atoms with Gasteiger partial charge in [0, 0.05) is 31.6 Å². The molecule has 7 nitrogen and oxygen atoms in total. The molecular weight excluding hydrogens is 416 g/mol. The summed E-state index contributed by atoms with van der Waals surface area (Å²) >= 11 is 6.38. The molecule has 0 unspecified atom stereocenters. The largest absolute Gasteiger partial charge is 0.383 e. The van der Waals surface area contributed by atoms with E-state index in [4.69, 9.17) is 16.3 Å². The Hall–Kier alpha value is -2.38. The van der Waals surface area contributed by atoms with Crippen molar-refractivity contribution in [2.75, 3.05) is 32.1 Å². The van der Waals surface area contributed by atoms with Crippen LogP contribution in [0.2, 0.25) is 5.02 Å². The second-order valence-electron chi connectivity index (χ2n) is 8.49. The minimum atomic E-state index is -0.297. The van der Waals surface area contributed by atoms with Crippen molar-refractivity contribution in [2.45, 2.75) is 52.4 Å². The van der Waals surface area contributed by atoms with Crippen LogP contribution in [0.3, 0.4) is 0 Å². The number of carbonyl (C=O) groups excluding carboxylic acids is 2. The van der Waals surface area contributed by atoms with Gasteiger partial charge in [-0.05, 0) is 18.6 Å². The maximum absolute atomic E-state index is 12.9. The minimum absolute atomic E-state index is 0.0511. The highest BCUT2D eigenvalue weighted by Gasteiger charge is 2.23. The average molecular weight is 449 g/mol. The maximum atomic E-state index is 12.9. The summed E-state index contributed by atoms with van der Waals surface area (Å²) < 4.78 is 6.74. The third kappa shape index (κ3) is 7.08. The summed E-state index contributed by atoms with van der Waals surface area (Å²) in [6.45, 7) is 8.87. The number of methoxy groups -OCH3 is 1. The van der Waals surface area contributed by atoms with Crippen molar-refractivity contribution in [1.29, 1.82) is 0 Å². The molecule has 31 heavy (non-hydrogen) atoms. The zero-order valence-corrected chi connectivity index (χ0v) is 19.8. The van der Waals surface area contributed by atoms with Crippen molar-refractivity contribution in [3.05, 3.63) is 41.0 Å². The summed E-state index contributed by atoms with van der Waals surface area (Å²) in [6, 6.07) is 9.17. The molecule has 0 aliphatic carbocycles. The molecule has 0 spiro atoms. The Morgan fingerprint density at radius 1 is 1.26 bits per heavy atom. The zero-order chi connectivity index (χ0) is 23.0. The number of nitrogens with one attached hydrogen (secondary N) is 1.